The van der Waals surface area contributed by atoms with Crippen molar-refractivity contribution in [1.29, 1.82) is 0 Å². The maximum Gasteiger partial charge on any atom is 0.247 e. The van der Waals surface area contributed by atoms with E-state index in [9.17, 15) is 13.2 Å². The summed E-state index contributed by atoms with van der Waals surface area (Å²) in [6, 6.07) is 8.98. The SMILES string of the molecule is Cc1ccc(NC(=O)C(C)N(c2ccc(C)c(Cl)c2)S(C)(=O)=O)cc1Cl. The van der Waals surface area contributed by atoms with E-state index in [1.807, 2.05) is 13.8 Å². The number of halogens is 2. The van der Waals surface area contributed by atoms with Crippen molar-refractivity contribution in [3.63, 3.8) is 0 Å². The summed E-state index contributed by atoms with van der Waals surface area (Å²) in [5, 5.41) is 3.64. The first-order valence-electron chi connectivity index (χ1n) is 7.83. The molecule has 0 heterocycles. The van der Waals surface area contributed by atoms with Crippen LogP contribution in [0.4, 0.5) is 11.4 Å². The molecule has 0 spiro atoms. The summed E-state index contributed by atoms with van der Waals surface area (Å²) < 4.78 is 25.7. The Morgan fingerprint density at radius 1 is 1.04 bits per heavy atom. The van der Waals surface area contributed by atoms with Crippen molar-refractivity contribution < 1.29 is 13.2 Å². The maximum atomic E-state index is 12.6. The van der Waals surface area contributed by atoms with Gasteiger partial charge in [-0.1, -0.05) is 35.3 Å². The van der Waals surface area contributed by atoms with Crippen molar-refractivity contribution in [2.75, 3.05) is 15.9 Å². The van der Waals surface area contributed by atoms with Crippen LogP contribution in [0.5, 0.6) is 0 Å². The average Bonchev–Trinajstić information content (AvgIpc) is 2.53. The molecule has 0 aliphatic carbocycles. The van der Waals surface area contributed by atoms with Gasteiger partial charge in [0.1, 0.15) is 6.04 Å². The molecule has 0 aromatic heterocycles. The van der Waals surface area contributed by atoms with E-state index in [1.165, 1.54) is 13.0 Å². The highest BCUT2D eigenvalue weighted by atomic mass is 35.5. The fraction of sp³-hybridized carbons (Fsp3) is 0.278. The fourth-order valence-corrected chi connectivity index (χ4v) is 3.97. The minimum atomic E-state index is -3.71. The van der Waals surface area contributed by atoms with Crippen LogP contribution in [-0.4, -0.2) is 26.6 Å². The van der Waals surface area contributed by atoms with Crippen LogP contribution in [0.2, 0.25) is 10.0 Å². The van der Waals surface area contributed by atoms with Crippen LogP contribution >= 0.6 is 23.2 Å². The molecule has 1 amide bonds. The molecule has 2 aromatic rings. The summed E-state index contributed by atoms with van der Waals surface area (Å²) in [4.78, 5) is 12.6. The van der Waals surface area contributed by atoms with Gasteiger partial charge in [0.2, 0.25) is 15.9 Å². The molecular formula is C18H20Cl2N2O3S. The van der Waals surface area contributed by atoms with Crippen molar-refractivity contribution in [2.24, 2.45) is 0 Å². The molecular weight excluding hydrogens is 395 g/mol. The van der Waals surface area contributed by atoms with Gasteiger partial charge in [-0.05, 0) is 56.2 Å². The molecule has 0 saturated carbocycles. The third kappa shape index (κ3) is 4.69. The molecule has 0 aliphatic heterocycles. The monoisotopic (exact) mass is 414 g/mol. The fourth-order valence-electron chi connectivity index (χ4n) is 2.44. The summed E-state index contributed by atoms with van der Waals surface area (Å²) in [5.41, 5.74) is 2.51. The molecule has 0 radical (unpaired) electrons. The summed E-state index contributed by atoms with van der Waals surface area (Å²) in [7, 11) is -3.71. The van der Waals surface area contributed by atoms with Crippen LogP contribution in [-0.2, 0) is 14.8 Å². The van der Waals surface area contributed by atoms with E-state index in [1.54, 1.807) is 30.3 Å². The Morgan fingerprint density at radius 3 is 2.08 bits per heavy atom. The third-order valence-electron chi connectivity index (χ3n) is 3.94. The third-order valence-corrected chi connectivity index (χ3v) is 5.99. The minimum Gasteiger partial charge on any atom is -0.324 e. The van der Waals surface area contributed by atoms with E-state index in [2.05, 4.69) is 5.32 Å². The van der Waals surface area contributed by atoms with Crippen molar-refractivity contribution in [3.8, 4) is 0 Å². The van der Waals surface area contributed by atoms with Gasteiger partial charge in [0.15, 0.2) is 0 Å². The number of carbonyl (C=O) groups is 1. The summed E-state index contributed by atoms with van der Waals surface area (Å²) >= 11 is 12.2. The Hall–Kier alpha value is -1.76. The van der Waals surface area contributed by atoms with Crippen LogP contribution in [0.1, 0.15) is 18.1 Å². The first-order chi connectivity index (χ1) is 12.0. The van der Waals surface area contributed by atoms with Crippen LogP contribution < -0.4 is 9.62 Å². The van der Waals surface area contributed by atoms with E-state index in [0.29, 0.717) is 21.4 Å². The standard InChI is InChI=1S/C18H20Cl2N2O3S/c1-11-5-7-14(9-16(11)19)21-18(23)13(3)22(26(4,24)25)15-8-6-12(2)17(20)10-15/h5-10,13H,1-4H3,(H,21,23). The van der Waals surface area contributed by atoms with Crippen molar-refractivity contribution in [3.05, 3.63) is 57.6 Å². The zero-order valence-electron chi connectivity index (χ0n) is 14.9. The molecule has 0 aliphatic rings. The van der Waals surface area contributed by atoms with E-state index < -0.39 is 22.0 Å². The Morgan fingerprint density at radius 2 is 1.58 bits per heavy atom. The largest absolute Gasteiger partial charge is 0.324 e. The number of benzene rings is 2. The van der Waals surface area contributed by atoms with Gasteiger partial charge >= 0.3 is 0 Å². The molecule has 1 atom stereocenters. The zero-order chi connectivity index (χ0) is 19.6. The summed E-state index contributed by atoms with van der Waals surface area (Å²) in [6.07, 6.45) is 1.05. The van der Waals surface area contributed by atoms with Gasteiger partial charge in [-0.25, -0.2) is 8.42 Å². The number of aryl methyl sites for hydroxylation is 2. The molecule has 2 rings (SSSR count). The molecule has 0 saturated heterocycles. The lowest BCUT2D eigenvalue weighted by Gasteiger charge is -2.28. The molecule has 2 aromatic carbocycles. The van der Waals surface area contributed by atoms with E-state index in [4.69, 9.17) is 23.2 Å². The van der Waals surface area contributed by atoms with E-state index in [0.717, 1.165) is 21.7 Å². The molecule has 140 valence electrons. The number of hydrogen-bond donors (Lipinski definition) is 1. The van der Waals surface area contributed by atoms with Gasteiger partial charge < -0.3 is 5.32 Å². The summed E-state index contributed by atoms with van der Waals surface area (Å²) in [6.45, 7) is 5.18. The molecule has 1 unspecified atom stereocenters. The quantitative estimate of drug-likeness (QED) is 0.787. The molecule has 26 heavy (non-hydrogen) atoms. The van der Waals surface area contributed by atoms with Crippen molar-refractivity contribution in [1.82, 2.24) is 0 Å². The van der Waals surface area contributed by atoms with Gasteiger partial charge in [0, 0.05) is 15.7 Å². The number of hydrogen-bond acceptors (Lipinski definition) is 3. The highest BCUT2D eigenvalue weighted by molar-refractivity contribution is 7.92. The first kappa shape index (κ1) is 20.6. The highest BCUT2D eigenvalue weighted by Gasteiger charge is 2.29. The smallest absolute Gasteiger partial charge is 0.247 e. The van der Waals surface area contributed by atoms with Crippen molar-refractivity contribution in [2.45, 2.75) is 26.8 Å². The van der Waals surface area contributed by atoms with Gasteiger partial charge in [0.05, 0.1) is 11.9 Å². The van der Waals surface area contributed by atoms with Gasteiger partial charge in [-0.2, -0.15) is 0 Å². The van der Waals surface area contributed by atoms with Crippen molar-refractivity contribution >= 4 is 50.5 Å². The predicted octanol–water partition coefficient (Wildman–Crippen LogP) is 4.40. The highest BCUT2D eigenvalue weighted by Crippen LogP contribution is 2.27. The lowest BCUT2D eigenvalue weighted by atomic mass is 10.2. The normalized spacial score (nSPS) is 12.5. The number of nitrogens with one attached hydrogen (secondary N) is 1. The Kier molecular flexibility index (Phi) is 6.21. The van der Waals surface area contributed by atoms with Gasteiger partial charge in [0.25, 0.3) is 0 Å². The summed E-state index contributed by atoms with van der Waals surface area (Å²) in [5.74, 6) is -0.480. The second-order valence-electron chi connectivity index (χ2n) is 6.12. The number of anilines is 2. The minimum absolute atomic E-state index is 0.327. The first-order valence-corrected chi connectivity index (χ1v) is 10.4. The maximum absolute atomic E-state index is 12.6. The van der Waals surface area contributed by atoms with Gasteiger partial charge in [-0.3, -0.25) is 9.10 Å². The van der Waals surface area contributed by atoms with E-state index >= 15 is 0 Å². The second kappa shape index (κ2) is 7.86. The number of carbonyl (C=O) groups excluding carboxylic acids is 1. The number of nitrogens with zero attached hydrogens (tertiary/aromatic N) is 1. The second-order valence-corrected chi connectivity index (χ2v) is 8.80. The molecule has 5 nitrogen and oxygen atoms in total. The topological polar surface area (TPSA) is 66.5 Å². The molecule has 8 heteroatoms. The molecule has 1 N–H and O–H groups in total. The zero-order valence-corrected chi connectivity index (χ0v) is 17.2. The molecule has 0 fully saturated rings. The lowest BCUT2D eigenvalue weighted by Crippen LogP contribution is -2.45. The number of sulfonamides is 1. The number of amides is 1. The predicted molar refractivity (Wildman–Crippen MR) is 108 cm³/mol. The van der Waals surface area contributed by atoms with Gasteiger partial charge in [-0.15, -0.1) is 0 Å². The van der Waals surface area contributed by atoms with Crippen LogP contribution in [0, 0.1) is 13.8 Å². The Balaban J connectivity index is 2.34. The van der Waals surface area contributed by atoms with Crippen LogP contribution in [0.3, 0.4) is 0 Å². The Labute approximate surface area is 164 Å². The van der Waals surface area contributed by atoms with Crippen LogP contribution in [0.25, 0.3) is 0 Å². The average molecular weight is 415 g/mol. The van der Waals surface area contributed by atoms with E-state index in [-0.39, 0.29) is 0 Å². The lowest BCUT2D eigenvalue weighted by molar-refractivity contribution is -0.116. The van der Waals surface area contributed by atoms with Crippen LogP contribution in [0.15, 0.2) is 36.4 Å². The Bertz CT molecular complexity index is 945. The number of rotatable bonds is 5. The molecule has 0 bridgehead atoms.